The summed E-state index contributed by atoms with van der Waals surface area (Å²) in [6, 6.07) is 7.34. The van der Waals surface area contributed by atoms with Gasteiger partial charge in [0, 0.05) is 30.5 Å². The number of amides is 1. The fourth-order valence-electron chi connectivity index (χ4n) is 2.69. The van der Waals surface area contributed by atoms with Crippen LogP contribution in [0, 0.1) is 0 Å². The van der Waals surface area contributed by atoms with Crippen LogP contribution in [0.2, 0.25) is 0 Å². The van der Waals surface area contributed by atoms with E-state index in [1.54, 1.807) is 7.11 Å². The summed E-state index contributed by atoms with van der Waals surface area (Å²) in [6.45, 7) is 2.78. The lowest BCUT2D eigenvalue weighted by atomic mass is 10.2. The molecule has 1 aromatic carbocycles. The van der Waals surface area contributed by atoms with Crippen LogP contribution >= 0.6 is 24.2 Å². The van der Waals surface area contributed by atoms with Crippen LogP contribution in [-0.4, -0.2) is 47.2 Å². The highest BCUT2D eigenvalue weighted by Crippen LogP contribution is 2.28. The van der Waals surface area contributed by atoms with Crippen molar-refractivity contribution in [2.45, 2.75) is 25.4 Å². The van der Waals surface area contributed by atoms with Crippen LogP contribution < -0.4 is 15.4 Å². The van der Waals surface area contributed by atoms with Crippen LogP contribution in [0.15, 0.2) is 28.8 Å². The van der Waals surface area contributed by atoms with E-state index in [1.165, 1.54) is 0 Å². The molecule has 1 fully saturated rings. The number of carbonyl (C=O) groups excluding carboxylic acids is 1. The van der Waals surface area contributed by atoms with Crippen molar-refractivity contribution in [3.05, 3.63) is 30.2 Å². The van der Waals surface area contributed by atoms with E-state index in [0.29, 0.717) is 23.9 Å². The van der Waals surface area contributed by atoms with Crippen LogP contribution in [-0.2, 0) is 4.79 Å². The maximum absolute atomic E-state index is 12.2. The first-order valence-electron chi connectivity index (χ1n) is 8.25. The first kappa shape index (κ1) is 20.5. The number of nitrogens with one attached hydrogen (secondary N) is 2. The molecule has 7 nitrogen and oxygen atoms in total. The molecule has 0 saturated carbocycles. The summed E-state index contributed by atoms with van der Waals surface area (Å²) in [6.07, 6.45) is 0.449. The molecule has 26 heavy (non-hydrogen) atoms. The molecule has 2 N–H and O–H groups in total. The van der Waals surface area contributed by atoms with E-state index in [9.17, 15) is 4.79 Å². The average molecular weight is 399 g/mol. The molecule has 3 rings (SSSR count). The Morgan fingerprint density at radius 3 is 3.04 bits per heavy atom. The maximum atomic E-state index is 12.2. The van der Waals surface area contributed by atoms with E-state index in [4.69, 9.17) is 9.26 Å². The number of rotatable bonds is 6. The molecule has 0 spiro atoms. The smallest absolute Gasteiger partial charge is 0.249 e. The highest BCUT2D eigenvalue weighted by atomic mass is 35.5. The minimum absolute atomic E-state index is 0. The Morgan fingerprint density at radius 2 is 2.31 bits per heavy atom. The Bertz CT molecular complexity index is 722. The van der Waals surface area contributed by atoms with Crippen molar-refractivity contribution in [3.8, 4) is 17.1 Å². The molecule has 1 aromatic heterocycles. The van der Waals surface area contributed by atoms with Gasteiger partial charge in [0.2, 0.25) is 17.6 Å². The SMILES string of the molecule is COc1ccccc1-c1noc(C(C)NC(=O)CC2CSCCN2)n1.Cl. The van der Waals surface area contributed by atoms with Crippen molar-refractivity contribution in [1.29, 1.82) is 0 Å². The number of thioether (sulfide) groups is 1. The Balaban J connectivity index is 0.00000243. The number of halogens is 1. The number of hydrogen-bond donors (Lipinski definition) is 2. The van der Waals surface area contributed by atoms with Gasteiger partial charge >= 0.3 is 0 Å². The Hall–Kier alpha value is -1.77. The van der Waals surface area contributed by atoms with Gasteiger partial charge in [0.1, 0.15) is 11.8 Å². The molecule has 0 radical (unpaired) electrons. The first-order chi connectivity index (χ1) is 12.2. The summed E-state index contributed by atoms with van der Waals surface area (Å²) >= 11 is 1.87. The normalized spacial score (nSPS) is 17.8. The molecular formula is C17H23ClN4O3S. The largest absolute Gasteiger partial charge is 0.496 e. The zero-order valence-corrected chi connectivity index (χ0v) is 16.4. The third kappa shape index (κ3) is 5.12. The summed E-state index contributed by atoms with van der Waals surface area (Å²) in [5, 5.41) is 10.3. The van der Waals surface area contributed by atoms with Crippen LogP contribution in [0.25, 0.3) is 11.4 Å². The van der Waals surface area contributed by atoms with Gasteiger partial charge in [0.05, 0.1) is 12.7 Å². The van der Waals surface area contributed by atoms with Crippen molar-refractivity contribution in [2.75, 3.05) is 25.2 Å². The van der Waals surface area contributed by atoms with Gasteiger partial charge in [-0.1, -0.05) is 17.3 Å². The summed E-state index contributed by atoms with van der Waals surface area (Å²) in [5.74, 6) is 3.53. The maximum Gasteiger partial charge on any atom is 0.249 e. The lowest BCUT2D eigenvalue weighted by Crippen LogP contribution is -2.41. The van der Waals surface area contributed by atoms with Gasteiger partial charge < -0.3 is 19.9 Å². The van der Waals surface area contributed by atoms with Crippen molar-refractivity contribution in [1.82, 2.24) is 20.8 Å². The standard InChI is InChI=1S/C17H22N4O3S.ClH/c1-11(19-15(22)9-12-10-25-8-7-18-12)17-20-16(21-24-17)13-5-3-4-6-14(13)23-2;/h3-6,11-12,18H,7-10H2,1-2H3,(H,19,22);1H. The van der Waals surface area contributed by atoms with E-state index in [2.05, 4.69) is 20.8 Å². The zero-order chi connectivity index (χ0) is 17.6. The van der Waals surface area contributed by atoms with Crippen molar-refractivity contribution < 1.29 is 14.1 Å². The molecule has 1 saturated heterocycles. The highest BCUT2D eigenvalue weighted by molar-refractivity contribution is 7.99. The number of nitrogens with zero attached hydrogens (tertiary/aromatic N) is 2. The molecule has 2 aromatic rings. The number of para-hydroxylation sites is 1. The van der Waals surface area contributed by atoms with E-state index < -0.39 is 0 Å². The molecule has 0 aliphatic carbocycles. The lowest BCUT2D eigenvalue weighted by Gasteiger charge is -2.23. The second-order valence-electron chi connectivity index (χ2n) is 5.88. The number of methoxy groups -OCH3 is 1. The summed E-state index contributed by atoms with van der Waals surface area (Å²) in [4.78, 5) is 16.6. The van der Waals surface area contributed by atoms with Gasteiger partial charge in [-0.15, -0.1) is 12.4 Å². The quantitative estimate of drug-likeness (QED) is 0.772. The Labute approximate surface area is 163 Å². The topological polar surface area (TPSA) is 89.3 Å². The average Bonchev–Trinajstić information content (AvgIpc) is 3.12. The number of benzene rings is 1. The third-order valence-electron chi connectivity index (χ3n) is 3.97. The minimum Gasteiger partial charge on any atom is -0.496 e. The molecular weight excluding hydrogens is 376 g/mol. The Morgan fingerprint density at radius 1 is 1.50 bits per heavy atom. The van der Waals surface area contributed by atoms with Gasteiger partial charge in [0.25, 0.3) is 0 Å². The van der Waals surface area contributed by atoms with E-state index in [1.807, 2.05) is 43.0 Å². The predicted octanol–water partition coefficient (Wildman–Crippen LogP) is 2.44. The van der Waals surface area contributed by atoms with Crippen molar-refractivity contribution >= 4 is 30.1 Å². The van der Waals surface area contributed by atoms with Crippen LogP contribution in [0.3, 0.4) is 0 Å². The number of hydrogen-bond acceptors (Lipinski definition) is 7. The number of ether oxygens (including phenoxy) is 1. The predicted molar refractivity (Wildman–Crippen MR) is 104 cm³/mol. The molecule has 1 aliphatic heterocycles. The first-order valence-corrected chi connectivity index (χ1v) is 9.40. The number of carbonyl (C=O) groups is 1. The zero-order valence-electron chi connectivity index (χ0n) is 14.7. The molecule has 1 aliphatic rings. The van der Waals surface area contributed by atoms with Crippen molar-refractivity contribution in [2.24, 2.45) is 0 Å². The van der Waals surface area contributed by atoms with Gasteiger partial charge in [-0.3, -0.25) is 4.79 Å². The fraction of sp³-hybridized carbons (Fsp3) is 0.471. The second kappa shape index (κ2) is 9.80. The minimum atomic E-state index is -0.347. The van der Waals surface area contributed by atoms with Gasteiger partial charge in [0.15, 0.2) is 0 Å². The van der Waals surface area contributed by atoms with Crippen LogP contribution in [0.4, 0.5) is 0 Å². The highest BCUT2D eigenvalue weighted by Gasteiger charge is 2.21. The summed E-state index contributed by atoms with van der Waals surface area (Å²) < 4.78 is 10.6. The Kier molecular flexibility index (Phi) is 7.74. The molecule has 2 unspecified atom stereocenters. The second-order valence-corrected chi connectivity index (χ2v) is 7.03. The monoisotopic (exact) mass is 398 g/mol. The molecule has 0 bridgehead atoms. The third-order valence-corrected chi connectivity index (χ3v) is 5.10. The van der Waals surface area contributed by atoms with Gasteiger partial charge in [-0.25, -0.2) is 0 Å². The van der Waals surface area contributed by atoms with E-state index in [-0.39, 0.29) is 30.4 Å². The number of aromatic nitrogens is 2. The summed E-state index contributed by atoms with van der Waals surface area (Å²) in [7, 11) is 1.60. The molecule has 2 atom stereocenters. The van der Waals surface area contributed by atoms with Crippen molar-refractivity contribution in [3.63, 3.8) is 0 Å². The molecule has 2 heterocycles. The van der Waals surface area contributed by atoms with Gasteiger partial charge in [-0.2, -0.15) is 16.7 Å². The van der Waals surface area contributed by atoms with E-state index >= 15 is 0 Å². The molecule has 142 valence electrons. The summed E-state index contributed by atoms with van der Waals surface area (Å²) in [5.41, 5.74) is 0.752. The van der Waals surface area contributed by atoms with Gasteiger partial charge in [-0.05, 0) is 19.1 Å². The van der Waals surface area contributed by atoms with Crippen LogP contribution in [0.5, 0.6) is 5.75 Å². The molecule has 9 heteroatoms. The van der Waals surface area contributed by atoms with Crippen LogP contribution in [0.1, 0.15) is 25.3 Å². The lowest BCUT2D eigenvalue weighted by molar-refractivity contribution is -0.122. The fourth-order valence-corrected chi connectivity index (χ4v) is 3.64. The molecule has 1 amide bonds. The van der Waals surface area contributed by atoms with E-state index in [0.717, 1.165) is 23.6 Å².